The number of benzene rings is 2. The molecule has 29 heavy (non-hydrogen) atoms. The van der Waals surface area contributed by atoms with Crippen molar-refractivity contribution in [1.82, 2.24) is 9.80 Å². The lowest BCUT2D eigenvalue weighted by atomic mass is 10.1. The van der Waals surface area contributed by atoms with Gasteiger partial charge in [0.05, 0.1) is 10.9 Å². The molecule has 2 aromatic carbocycles. The van der Waals surface area contributed by atoms with Crippen LogP contribution in [0, 0.1) is 0 Å². The van der Waals surface area contributed by atoms with Gasteiger partial charge in [0.25, 0.3) is 5.91 Å². The standard InChI is InChI=1S/C21H21N3O4S/c1-14-19(25)22-17-13-15(7-8-18(17)29-14)20(26)23-9-11-24(12-10-23)21(27)28-16-5-3-2-4-6-16/h2-8,13-14H,9-12H2,1H3,(H,22,25). The van der Waals surface area contributed by atoms with Crippen molar-refractivity contribution < 1.29 is 19.1 Å². The van der Waals surface area contributed by atoms with E-state index in [1.807, 2.05) is 19.1 Å². The Morgan fingerprint density at radius 2 is 1.72 bits per heavy atom. The van der Waals surface area contributed by atoms with Crippen molar-refractivity contribution in [3.8, 4) is 5.75 Å². The summed E-state index contributed by atoms with van der Waals surface area (Å²) in [5, 5.41) is 2.71. The van der Waals surface area contributed by atoms with Crippen LogP contribution < -0.4 is 10.1 Å². The molecule has 3 amide bonds. The second-order valence-corrected chi connectivity index (χ2v) is 8.30. The monoisotopic (exact) mass is 411 g/mol. The molecule has 1 unspecified atom stereocenters. The van der Waals surface area contributed by atoms with Crippen molar-refractivity contribution in [3.63, 3.8) is 0 Å². The van der Waals surface area contributed by atoms with Gasteiger partial charge in [0.15, 0.2) is 0 Å². The second-order valence-electron chi connectivity index (χ2n) is 6.92. The first-order chi connectivity index (χ1) is 14.0. The number of hydrogen-bond acceptors (Lipinski definition) is 5. The molecule has 0 radical (unpaired) electrons. The normalized spacial score (nSPS) is 18.7. The molecule has 1 atom stereocenters. The molecule has 2 aliphatic rings. The van der Waals surface area contributed by atoms with E-state index in [1.54, 1.807) is 46.2 Å². The summed E-state index contributed by atoms with van der Waals surface area (Å²) in [4.78, 5) is 41.3. The van der Waals surface area contributed by atoms with E-state index in [-0.39, 0.29) is 17.1 Å². The van der Waals surface area contributed by atoms with E-state index in [0.717, 1.165) is 4.90 Å². The van der Waals surface area contributed by atoms with Gasteiger partial charge in [-0.2, -0.15) is 0 Å². The number of amides is 3. The predicted octanol–water partition coefficient (Wildman–Crippen LogP) is 3.08. The van der Waals surface area contributed by atoms with Crippen molar-refractivity contribution in [2.24, 2.45) is 0 Å². The fourth-order valence-corrected chi connectivity index (χ4v) is 4.20. The largest absolute Gasteiger partial charge is 0.415 e. The van der Waals surface area contributed by atoms with Crippen LogP contribution in [0.25, 0.3) is 0 Å². The number of carbonyl (C=O) groups is 3. The minimum atomic E-state index is -0.411. The van der Waals surface area contributed by atoms with E-state index >= 15 is 0 Å². The zero-order valence-corrected chi connectivity index (χ0v) is 16.8. The van der Waals surface area contributed by atoms with Crippen LogP contribution in [0.15, 0.2) is 53.4 Å². The van der Waals surface area contributed by atoms with Gasteiger partial charge in [0, 0.05) is 36.6 Å². The van der Waals surface area contributed by atoms with Gasteiger partial charge in [0.1, 0.15) is 5.75 Å². The molecular weight excluding hydrogens is 390 g/mol. The van der Waals surface area contributed by atoms with Gasteiger partial charge < -0.3 is 19.9 Å². The van der Waals surface area contributed by atoms with Gasteiger partial charge in [-0.05, 0) is 37.3 Å². The van der Waals surface area contributed by atoms with E-state index in [9.17, 15) is 14.4 Å². The molecule has 4 rings (SSSR count). The lowest BCUT2D eigenvalue weighted by Gasteiger charge is -2.34. The van der Waals surface area contributed by atoms with Crippen molar-refractivity contribution in [2.45, 2.75) is 17.1 Å². The summed E-state index contributed by atoms with van der Waals surface area (Å²) in [6.45, 7) is 3.53. The first-order valence-corrected chi connectivity index (χ1v) is 10.3. The number of ether oxygens (including phenoxy) is 1. The fourth-order valence-electron chi connectivity index (χ4n) is 3.27. The summed E-state index contributed by atoms with van der Waals surface area (Å²) in [5.74, 6) is 0.332. The minimum absolute atomic E-state index is 0.0577. The maximum absolute atomic E-state index is 12.9. The third-order valence-electron chi connectivity index (χ3n) is 4.93. The number of nitrogens with one attached hydrogen (secondary N) is 1. The van der Waals surface area contributed by atoms with Gasteiger partial charge in [-0.25, -0.2) is 4.79 Å². The zero-order chi connectivity index (χ0) is 20.4. The van der Waals surface area contributed by atoms with Gasteiger partial charge in [-0.3, -0.25) is 9.59 Å². The molecule has 0 bridgehead atoms. The molecule has 0 aliphatic carbocycles. The molecule has 1 fully saturated rings. The summed E-state index contributed by atoms with van der Waals surface area (Å²) < 4.78 is 5.36. The molecule has 150 valence electrons. The van der Waals surface area contributed by atoms with Gasteiger partial charge in [-0.1, -0.05) is 18.2 Å². The lowest BCUT2D eigenvalue weighted by Crippen LogP contribution is -2.51. The highest BCUT2D eigenvalue weighted by Crippen LogP contribution is 2.36. The number of piperazine rings is 1. The minimum Gasteiger partial charge on any atom is -0.410 e. The molecule has 2 heterocycles. The summed E-state index contributed by atoms with van der Waals surface area (Å²) in [6, 6.07) is 14.3. The number of thioether (sulfide) groups is 1. The Labute approximate surface area is 173 Å². The Morgan fingerprint density at radius 3 is 2.45 bits per heavy atom. The molecule has 8 heteroatoms. The molecule has 1 N–H and O–H groups in total. The van der Waals surface area contributed by atoms with Crippen LogP contribution in [0.1, 0.15) is 17.3 Å². The highest BCUT2D eigenvalue weighted by atomic mass is 32.2. The van der Waals surface area contributed by atoms with Crippen LogP contribution in [0.3, 0.4) is 0 Å². The van der Waals surface area contributed by atoms with Crippen LogP contribution in [-0.2, 0) is 4.79 Å². The van der Waals surface area contributed by atoms with Gasteiger partial charge in [0.2, 0.25) is 5.91 Å². The van der Waals surface area contributed by atoms with Crippen LogP contribution in [0.2, 0.25) is 0 Å². The smallest absolute Gasteiger partial charge is 0.410 e. The van der Waals surface area contributed by atoms with E-state index in [4.69, 9.17) is 4.74 Å². The average molecular weight is 411 g/mol. The zero-order valence-electron chi connectivity index (χ0n) is 16.0. The Bertz CT molecular complexity index is 942. The third-order valence-corrected chi connectivity index (χ3v) is 6.11. The SMILES string of the molecule is CC1Sc2ccc(C(=O)N3CCN(C(=O)Oc4ccccc4)CC3)cc2NC1=O. The summed E-state index contributed by atoms with van der Waals surface area (Å²) in [5.41, 5.74) is 1.20. The average Bonchev–Trinajstić information content (AvgIpc) is 2.74. The Balaban J connectivity index is 1.36. The fraction of sp³-hybridized carbons (Fsp3) is 0.286. The topological polar surface area (TPSA) is 79.0 Å². The second kappa shape index (κ2) is 8.16. The molecule has 2 aliphatic heterocycles. The van der Waals surface area contributed by atoms with Crippen molar-refractivity contribution >= 4 is 35.4 Å². The van der Waals surface area contributed by atoms with E-state index < -0.39 is 6.09 Å². The maximum atomic E-state index is 12.9. The highest BCUT2D eigenvalue weighted by molar-refractivity contribution is 8.00. The first-order valence-electron chi connectivity index (χ1n) is 9.44. The Hall–Kier alpha value is -3.00. The first kappa shape index (κ1) is 19.3. The number of nitrogens with zero attached hydrogens (tertiary/aromatic N) is 2. The number of rotatable bonds is 2. The molecule has 7 nitrogen and oxygen atoms in total. The van der Waals surface area contributed by atoms with Crippen LogP contribution in [0.4, 0.5) is 10.5 Å². The maximum Gasteiger partial charge on any atom is 0.415 e. The van der Waals surface area contributed by atoms with Crippen molar-refractivity contribution in [2.75, 3.05) is 31.5 Å². The van der Waals surface area contributed by atoms with E-state index in [0.29, 0.717) is 43.2 Å². The summed E-state index contributed by atoms with van der Waals surface area (Å²) in [7, 11) is 0. The Morgan fingerprint density at radius 1 is 1.03 bits per heavy atom. The predicted molar refractivity (Wildman–Crippen MR) is 110 cm³/mol. The van der Waals surface area contributed by atoms with Gasteiger partial charge >= 0.3 is 6.09 Å². The molecule has 0 saturated carbocycles. The third kappa shape index (κ3) is 4.22. The number of carbonyl (C=O) groups excluding carboxylic acids is 3. The van der Waals surface area contributed by atoms with E-state index in [2.05, 4.69) is 5.32 Å². The number of anilines is 1. The number of hydrogen-bond donors (Lipinski definition) is 1. The summed E-state index contributed by atoms with van der Waals surface area (Å²) >= 11 is 1.49. The molecule has 0 aromatic heterocycles. The van der Waals surface area contributed by atoms with E-state index in [1.165, 1.54) is 11.8 Å². The van der Waals surface area contributed by atoms with Crippen LogP contribution >= 0.6 is 11.8 Å². The lowest BCUT2D eigenvalue weighted by molar-refractivity contribution is -0.115. The molecular formula is C21H21N3O4S. The van der Waals surface area contributed by atoms with Crippen LogP contribution in [0.5, 0.6) is 5.75 Å². The quantitative estimate of drug-likeness (QED) is 0.822. The molecule has 2 aromatic rings. The molecule has 1 saturated heterocycles. The Kier molecular flexibility index (Phi) is 5.44. The van der Waals surface area contributed by atoms with Gasteiger partial charge in [-0.15, -0.1) is 11.8 Å². The number of para-hydroxylation sites is 1. The van der Waals surface area contributed by atoms with Crippen molar-refractivity contribution in [1.29, 1.82) is 0 Å². The number of fused-ring (bicyclic) bond motifs is 1. The molecule has 0 spiro atoms. The highest BCUT2D eigenvalue weighted by Gasteiger charge is 2.28. The van der Waals surface area contributed by atoms with Crippen LogP contribution in [-0.4, -0.2) is 59.1 Å². The summed E-state index contributed by atoms with van der Waals surface area (Å²) in [6.07, 6.45) is -0.411. The van der Waals surface area contributed by atoms with Crippen molar-refractivity contribution in [3.05, 3.63) is 54.1 Å².